The van der Waals surface area contributed by atoms with E-state index in [0.717, 1.165) is 12.2 Å². The zero-order valence-electron chi connectivity index (χ0n) is 9.75. The highest BCUT2D eigenvalue weighted by molar-refractivity contribution is 7.99. The smallest absolute Gasteiger partial charge is 0.313 e. The van der Waals surface area contributed by atoms with E-state index in [1.54, 1.807) is 18.7 Å². The van der Waals surface area contributed by atoms with E-state index in [1.165, 1.54) is 0 Å². The summed E-state index contributed by atoms with van der Waals surface area (Å²) in [6, 6.07) is 0. The molecule has 0 aliphatic rings. The van der Waals surface area contributed by atoms with Gasteiger partial charge in [0.05, 0.1) is 12.4 Å². The van der Waals surface area contributed by atoms with Crippen LogP contribution >= 0.6 is 11.8 Å². The van der Waals surface area contributed by atoms with E-state index in [2.05, 4.69) is 18.6 Å². The van der Waals surface area contributed by atoms with Crippen molar-refractivity contribution in [3.63, 3.8) is 0 Å². The molecule has 0 aliphatic heterocycles. The second-order valence-corrected chi connectivity index (χ2v) is 4.86. The first-order valence-corrected chi connectivity index (χ1v) is 6.46. The van der Waals surface area contributed by atoms with Crippen LogP contribution in [-0.2, 0) is 14.3 Å². The van der Waals surface area contributed by atoms with Crippen molar-refractivity contribution in [3.05, 3.63) is 0 Å². The Bertz CT molecular complexity index is 202. The Morgan fingerprint density at radius 1 is 1.33 bits per heavy atom. The van der Waals surface area contributed by atoms with Gasteiger partial charge in [0.2, 0.25) is 0 Å². The fraction of sp³-hybridized carbons (Fsp3) is 0.818. The molecule has 0 heterocycles. The summed E-state index contributed by atoms with van der Waals surface area (Å²) >= 11 is 1.59. The molecule has 0 atom stereocenters. The molecule has 0 bridgehead atoms. The molecule has 0 saturated carbocycles. The lowest BCUT2D eigenvalue weighted by atomic mass is 10.2. The first-order valence-electron chi connectivity index (χ1n) is 5.31. The third kappa shape index (κ3) is 9.79. The zero-order chi connectivity index (χ0) is 11.7. The molecule has 0 aromatic rings. The largest absolute Gasteiger partial charge is 0.466 e. The summed E-state index contributed by atoms with van der Waals surface area (Å²) < 4.78 is 4.69. The molecule has 0 unspecified atom stereocenters. The lowest BCUT2D eigenvalue weighted by Crippen LogP contribution is -2.13. The van der Waals surface area contributed by atoms with E-state index in [9.17, 15) is 9.59 Å². The highest BCUT2D eigenvalue weighted by atomic mass is 32.2. The van der Waals surface area contributed by atoms with Crippen molar-refractivity contribution < 1.29 is 14.3 Å². The number of rotatable bonds is 8. The highest BCUT2D eigenvalue weighted by Gasteiger charge is 2.09. The maximum Gasteiger partial charge on any atom is 0.313 e. The summed E-state index contributed by atoms with van der Waals surface area (Å²) in [7, 11) is 0. The van der Waals surface area contributed by atoms with Crippen LogP contribution in [0.5, 0.6) is 0 Å². The minimum Gasteiger partial charge on any atom is -0.466 e. The monoisotopic (exact) mass is 232 g/mol. The molecule has 0 aromatic carbocycles. The summed E-state index contributed by atoms with van der Waals surface area (Å²) in [5.74, 6) is 1.62. The number of esters is 1. The topological polar surface area (TPSA) is 43.4 Å². The predicted molar refractivity (Wildman–Crippen MR) is 63.0 cm³/mol. The molecule has 3 nitrogen and oxygen atoms in total. The van der Waals surface area contributed by atoms with Crippen molar-refractivity contribution in [2.45, 2.75) is 33.6 Å². The molecule has 0 radical (unpaired) electrons. The van der Waals surface area contributed by atoms with Crippen LogP contribution < -0.4 is 0 Å². The Hall–Kier alpha value is -0.510. The molecule has 0 saturated heterocycles. The average molecular weight is 232 g/mol. The highest BCUT2D eigenvalue weighted by Crippen LogP contribution is 2.09. The van der Waals surface area contributed by atoms with Crippen molar-refractivity contribution in [3.8, 4) is 0 Å². The molecular weight excluding hydrogens is 212 g/mol. The fourth-order valence-corrected chi connectivity index (χ4v) is 2.04. The number of hydrogen-bond donors (Lipinski definition) is 0. The van der Waals surface area contributed by atoms with Crippen molar-refractivity contribution in [2.24, 2.45) is 5.92 Å². The van der Waals surface area contributed by atoms with Gasteiger partial charge in [0.15, 0.2) is 5.78 Å². The van der Waals surface area contributed by atoms with Gasteiger partial charge < -0.3 is 4.74 Å². The van der Waals surface area contributed by atoms with Gasteiger partial charge in [-0.1, -0.05) is 13.8 Å². The van der Waals surface area contributed by atoms with Crippen LogP contribution in [0.15, 0.2) is 0 Å². The molecule has 0 fully saturated rings. The molecule has 4 heteroatoms. The number of carbonyl (C=O) groups excluding carboxylic acids is 2. The van der Waals surface area contributed by atoms with E-state index < -0.39 is 5.97 Å². The molecule has 0 aliphatic carbocycles. The van der Waals surface area contributed by atoms with Crippen LogP contribution in [0.4, 0.5) is 0 Å². The predicted octanol–water partition coefficient (Wildman–Crippen LogP) is 2.29. The summed E-state index contributed by atoms with van der Waals surface area (Å²) in [5.41, 5.74) is 0. The zero-order valence-corrected chi connectivity index (χ0v) is 10.6. The molecule has 0 spiro atoms. The van der Waals surface area contributed by atoms with Crippen LogP contribution in [0.2, 0.25) is 0 Å². The molecule has 88 valence electrons. The SMILES string of the molecule is CCOC(=O)CC(=O)CSCCC(C)C. The number of hydrogen-bond acceptors (Lipinski definition) is 4. The van der Waals surface area contributed by atoms with Crippen molar-refractivity contribution in [1.82, 2.24) is 0 Å². The van der Waals surface area contributed by atoms with E-state index in [1.807, 2.05) is 0 Å². The summed E-state index contributed by atoms with van der Waals surface area (Å²) in [5, 5.41) is 0. The van der Waals surface area contributed by atoms with Crippen molar-refractivity contribution >= 4 is 23.5 Å². The first kappa shape index (κ1) is 14.5. The van der Waals surface area contributed by atoms with Crippen molar-refractivity contribution in [1.29, 1.82) is 0 Å². The number of Topliss-reactive ketones (excluding diaryl/α,β-unsaturated/α-hetero) is 1. The fourth-order valence-electron chi connectivity index (χ4n) is 0.929. The van der Waals surface area contributed by atoms with E-state index >= 15 is 0 Å². The molecular formula is C11H20O3S. The van der Waals surface area contributed by atoms with Gasteiger partial charge in [0, 0.05) is 0 Å². The number of ketones is 1. The number of thioether (sulfide) groups is 1. The van der Waals surface area contributed by atoms with Crippen LogP contribution in [0, 0.1) is 5.92 Å². The molecule has 0 rings (SSSR count). The Kier molecular flexibility index (Phi) is 8.47. The standard InChI is InChI=1S/C11H20O3S/c1-4-14-11(13)7-10(12)8-15-6-5-9(2)3/h9H,4-8H2,1-3H3. The van der Waals surface area contributed by atoms with Gasteiger partial charge in [-0.05, 0) is 25.0 Å². The van der Waals surface area contributed by atoms with Gasteiger partial charge in [0.25, 0.3) is 0 Å². The minimum absolute atomic E-state index is 0.0396. The minimum atomic E-state index is -0.410. The van der Waals surface area contributed by atoms with E-state index in [-0.39, 0.29) is 12.2 Å². The summed E-state index contributed by atoms with van der Waals surface area (Å²) in [6.07, 6.45) is 1.03. The lowest BCUT2D eigenvalue weighted by molar-refractivity contribution is -0.145. The number of carbonyl (C=O) groups is 2. The van der Waals surface area contributed by atoms with Gasteiger partial charge in [-0.2, -0.15) is 11.8 Å². The summed E-state index contributed by atoms with van der Waals surface area (Å²) in [4.78, 5) is 22.2. The first-order chi connectivity index (χ1) is 7.06. The maximum atomic E-state index is 11.3. The van der Waals surface area contributed by atoms with Crippen LogP contribution in [0.3, 0.4) is 0 Å². The molecule has 0 aromatic heterocycles. The Labute approximate surface area is 95.9 Å². The molecule has 0 amide bonds. The van der Waals surface area contributed by atoms with E-state index in [4.69, 9.17) is 0 Å². The Balaban J connectivity index is 3.45. The summed E-state index contributed by atoms with van der Waals surface area (Å²) in [6.45, 7) is 6.38. The van der Waals surface area contributed by atoms with Gasteiger partial charge in [-0.3, -0.25) is 9.59 Å². The molecule has 0 N–H and O–H groups in total. The quantitative estimate of drug-likeness (QED) is 0.366. The average Bonchev–Trinajstić information content (AvgIpc) is 2.12. The van der Waals surface area contributed by atoms with E-state index in [0.29, 0.717) is 18.3 Å². The van der Waals surface area contributed by atoms with Crippen LogP contribution in [0.1, 0.15) is 33.6 Å². The van der Waals surface area contributed by atoms with Crippen LogP contribution in [-0.4, -0.2) is 29.9 Å². The normalized spacial score (nSPS) is 10.4. The Morgan fingerprint density at radius 2 is 2.00 bits per heavy atom. The van der Waals surface area contributed by atoms with Crippen LogP contribution in [0.25, 0.3) is 0 Å². The Morgan fingerprint density at radius 3 is 2.53 bits per heavy atom. The third-order valence-electron chi connectivity index (χ3n) is 1.75. The van der Waals surface area contributed by atoms with Gasteiger partial charge in [-0.25, -0.2) is 0 Å². The van der Waals surface area contributed by atoms with Gasteiger partial charge in [0.1, 0.15) is 6.42 Å². The second kappa shape index (κ2) is 8.77. The number of ether oxygens (including phenoxy) is 1. The lowest BCUT2D eigenvalue weighted by Gasteiger charge is -2.04. The molecule has 15 heavy (non-hydrogen) atoms. The second-order valence-electron chi connectivity index (χ2n) is 3.76. The third-order valence-corrected chi connectivity index (χ3v) is 2.80. The van der Waals surface area contributed by atoms with Gasteiger partial charge in [-0.15, -0.1) is 0 Å². The maximum absolute atomic E-state index is 11.3. The van der Waals surface area contributed by atoms with Crippen molar-refractivity contribution in [2.75, 3.05) is 18.1 Å². The van der Waals surface area contributed by atoms with Gasteiger partial charge >= 0.3 is 5.97 Å².